The van der Waals surface area contributed by atoms with Crippen LogP contribution in [0.5, 0.6) is 5.75 Å². The van der Waals surface area contributed by atoms with Crippen LogP contribution in [0.3, 0.4) is 0 Å². The molecule has 0 aliphatic heterocycles. The van der Waals surface area contributed by atoms with Crippen LogP contribution in [0.4, 0.5) is 5.82 Å². The third-order valence-electron chi connectivity index (χ3n) is 6.08. The summed E-state index contributed by atoms with van der Waals surface area (Å²) in [5.74, 6) is -1.32. The van der Waals surface area contributed by atoms with E-state index < -0.39 is 11.9 Å². The minimum absolute atomic E-state index is 0.0453. The molecular formula is C28H21BrClN5O5S. The second kappa shape index (κ2) is 12.1. The molecule has 5 aromatic rings. The van der Waals surface area contributed by atoms with E-state index in [2.05, 4.69) is 31.3 Å². The second-order valence-electron chi connectivity index (χ2n) is 8.73. The number of benzene rings is 1. The fraction of sp³-hybridized carbons (Fsp3) is 0.107. The molecule has 0 saturated heterocycles. The van der Waals surface area contributed by atoms with Crippen molar-refractivity contribution < 1.29 is 19.4 Å². The van der Waals surface area contributed by atoms with Crippen molar-refractivity contribution in [3.05, 3.63) is 114 Å². The molecule has 4 aromatic heterocycles. The summed E-state index contributed by atoms with van der Waals surface area (Å²) in [6.45, 7) is 0.509. The summed E-state index contributed by atoms with van der Waals surface area (Å²) < 4.78 is 9.55. The Kier molecular flexibility index (Phi) is 8.34. The van der Waals surface area contributed by atoms with Gasteiger partial charge in [0.25, 0.3) is 11.5 Å². The Morgan fingerprint density at radius 3 is 2.54 bits per heavy atom. The van der Waals surface area contributed by atoms with Gasteiger partial charge in [-0.1, -0.05) is 33.6 Å². The van der Waals surface area contributed by atoms with Gasteiger partial charge in [-0.25, -0.2) is 4.79 Å². The highest BCUT2D eigenvalue weighted by atomic mass is 79.9. The maximum atomic E-state index is 13.8. The standard InChI is InChI=1S/C28H21BrClN5O5S/c1-40-25-24(21-12-19(29)13-23(36)34(21)15-16-7-9-31-10-8-16)33-35(26(25)32-14-20-5-6-22(30)41-20)27(37)17-3-2-4-18(11-17)28(38)39/h2-13,32H,14-15H2,1H3,(H,38,39). The normalized spacial score (nSPS) is 10.9. The van der Waals surface area contributed by atoms with Gasteiger partial charge in [-0.05, 0) is 54.1 Å². The first-order valence-electron chi connectivity index (χ1n) is 12.1. The Balaban J connectivity index is 1.68. The maximum Gasteiger partial charge on any atom is 0.335 e. The van der Waals surface area contributed by atoms with E-state index in [9.17, 15) is 19.5 Å². The van der Waals surface area contributed by atoms with Gasteiger partial charge in [0.05, 0.1) is 35.8 Å². The van der Waals surface area contributed by atoms with E-state index in [-0.39, 0.29) is 40.5 Å². The number of thiophene rings is 1. The van der Waals surface area contributed by atoms with E-state index in [1.165, 1.54) is 53.3 Å². The number of hydrogen-bond acceptors (Lipinski definition) is 8. The van der Waals surface area contributed by atoms with E-state index in [0.717, 1.165) is 15.1 Å². The van der Waals surface area contributed by atoms with Crippen molar-refractivity contribution in [3.8, 4) is 17.1 Å². The number of aromatic carboxylic acids is 1. The summed E-state index contributed by atoms with van der Waals surface area (Å²) in [5, 5.41) is 17.3. The number of rotatable bonds is 9. The molecule has 0 amide bonds. The van der Waals surface area contributed by atoms with Gasteiger partial charge in [0.15, 0.2) is 17.3 Å². The topological polar surface area (TPSA) is 128 Å². The summed E-state index contributed by atoms with van der Waals surface area (Å²) in [6, 6.07) is 16.0. The number of halogens is 2. The summed E-state index contributed by atoms with van der Waals surface area (Å²) >= 11 is 10.9. The van der Waals surface area contributed by atoms with Crippen molar-refractivity contribution in [2.24, 2.45) is 0 Å². The Bertz CT molecular complexity index is 1820. The number of hydrogen-bond donors (Lipinski definition) is 2. The molecule has 0 radical (unpaired) electrons. The third kappa shape index (κ3) is 6.09. The molecule has 13 heteroatoms. The molecule has 41 heavy (non-hydrogen) atoms. The largest absolute Gasteiger partial charge is 0.491 e. The smallest absolute Gasteiger partial charge is 0.335 e. The fourth-order valence-corrected chi connectivity index (χ4v) is 5.63. The lowest BCUT2D eigenvalue weighted by Gasteiger charge is -2.13. The maximum absolute atomic E-state index is 13.8. The van der Waals surface area contributed by atoms with Crippen molar-refractivity contribution in [3.63, 3.8) is 0 Å². The van der Waals surface area contributed by atoms with Crippen molar-refractivity contribution in [1.29, 1.82) is 0 Å². The first-order valence-corrected chi connectivity index (χ1v) is 14.1. The molecule has 1 aromatic carbocycles. The van der Waals surface area contributed by atoms with Crippen LogP contribution in [-0.2, 0) is 13.1 Å². The second-order valence-corrected chi connectivity index (χ2v) is 11.4. The molecule has 0 aliphatic carbocycles. The van der Waals surface area contributed by atoms with E-state index in [1.807, 2.05) is 6.07 Å². The molecule has 0 fully saturated rings. The molecule has 10 nitrogen and oxygen atoms in total. The molecule has 2 N–H and O–H groups in total. The van der Waals surface area contributed by atoms with E-state index >= 15 is 0 Å². The van der Waals surface area contributed by atoms with E-state index in [0.29, 0.717) is 21.0 Å². The van der Waals surface area contributed by atoms with Gasteiger partial charge in [0.1, 0.15) is 0 Å². The Morgan fingerprint density at radius 2 is 1.85 bits per heavy atom. The number of anilines is 1. The lowest BCUT2D eigenvalue weighted by Crippen LogP contribution is -2.22. The van der Waals surface area contributed by atoms with Crippen LogP contribution in [0.25, 0.3) is 11.4 Å². The van der Waals surface area contributed by atoms with Gasteiger partial charge in [0, 0.05) is 33.4 Å². The Morgan fingerprint density at radius 1 is 1.10 bits per heavy atom. The summed E-state index contributed by atoms with van der Waals surface area (Å²) in [4.78, 5) is 43.5. The number of methoxy groups -OCH3 is 1. The van der Waals surface area contributed by atoms with Crippen LogP contribution in [0, 0.1) is 0 Å². The highest BCUT2D eigenvalue weighted by Crippen LogP contribution is 2.38. The first kappa shape index (κ1) is 28.3. The molecule has 0 atom stereocenters. The SMILES string of the molecule is COc1c(-c2cc(Br)cc(=O)n2Cc2ccncc2)nn(C(=O)c2cccc(C(=O)O)c2)c1NCc1ccc(Cl)s1. The van der Waals surface area contributed by atoms with Gasteiger partial charge in [-0.2, -0.15) is 9.78 Å². The minimum Gasteiger partial charge on any atom is -0.491 e. The zero-order valence-electron chi connectivity index (χ0n) is 21.4. The van der Waals surface area contributed by atoms with Gasteiger partial charge in [-0.15, -0.1) is 11.3 Å². The zero-order chi connectivity index (χ0) is 29.1. The number of nitrogens with one attached hydrogen (secondary N) is 1. The molecule has 0 aliphatic rings. The van der Waals surface area contributed by atoms with Crippen LogP contribution in [-0.4, -0.2) is 43.4 Å². The highest BCUT2D eigenvalue weighted by Gasteiger charge is 2.27. The molecule has 4 heterocycles. The quantitative estimate of drug-likeness (QED) is 0.209. The van der Waals surface area contributed by atoms with Crippen LogP contribution >= 0.6 is 38.9 Å². The molecule has 5 rings (SSSR count). The molecule has 208 valence electrons. The zero-order valence-corrected chi connectivity index (χ0v) is 24.5. The van der Waals surface area contributed by atoms with Gasteiger partial charge in [-0.3, -0.25) is 14.6 Å². The fourth-order valence-electron chi connectivity index (χ4n) is 4.19. The predicted molar refractivity (Wildman–Crippen MR) is 159 cm³/mol. The predicted octanol–water partition coefficient (Wildman–Crippen LogP) is 5.64. The Labute approximate surface area is 250 Å². The monoisotopic (exact) mass is 653 g/mol. The van der Waals surface area contributed by atoms with Gasteiger partial charge in [0.2, 0.25) is 0 Å². The van der Waals surface area contributed by atoms with Gasteiger partial charge >= 0.3 is 5.97 Å². The van der Waals surface area contributed by atoms with Crippen molar-refractivity contribution in [1.82, 2.24) is 19.3 Å². The number of aromatic nitrogens is 4. The third-order valence-corrected chi connectivity index (χ3v) is 7.77. The number of nitrogens with zero attached hydrogens (tertiary/aromatic N) is 4. The average Bonchev–Trinajstić information content (AvgIpc) is 3.56. The van der Waals surface area contributed by atoms with Crippen LogP contribution in [0.1, 0.15) is 31.2 Å². The molecule has 0 saturated carbocycles. The summed E-state index contributed by atoms with van der Waals surface area (Å²) in [5.41, 5.74) is 1.22. The highest BCUT2D eigenvalue weighted by molar-refractivity contribution is 9.10. The summed E-state index contributed by atoms with van der Waals surface area (Å²) in [6.07, 6.45) is 3.27. The number of carboxylic acid groups (broad SMARTS) is 1. The van der Waals surface area contributed by atoms with Crippen molar-refractivity contribution in [2.45, 2.75) is 13.1 Å². The molecule has 0 bridgehead atoms. The van der Waals surface area contributed by atoms with Crippen LogP contribution < -0.4 is 15.6 Å². The van der Waals surface area contributed by atoms with Crippen molar-refractivity contribution in [2.75, 3.05) is 12.4 Å². The number of carbonyl (C=O) groups is 2. The number of ether oxygens (including phenoxy) is 1. The van der Waals surface area contributed by atoms with E-state index in [4.69, 9.17) is 16.3 Å². The Hall–Kier alpha value is -4.26. The lowest BCUT2D eigenvalue weighted by molar-refractivity contribution is 0.0697. The summed E-state index contributed by atoms with van der Waals surface area (Å²) in [7, 11) is 1.44. The number of carboxylic acids is 1. The van der Waals surface area contributed by atoms with Crippen LogP contribution in [0.2, 0.25) is 4.34 Å². The van der Waals surface area contributed by atoms with Crippen LogP contribution in [0.15, 0.2) is 82.3 Å². The molecular weight excluding hydrogens is 634 g/mol. The molecule has 0 spiro atoms. The van der Waals surface area contributed by atoms with Crippen molar-refractivity contribution >= 4 is 56.6 Å². The lowest BCUT2D eigenvalue weighted by atomic mass is 10.1. The minimum atomic E-state index is -1.17. The number of pyridine rings is 2. The van der Waals surface area contributed by atoms with E-state index in [1.54, 1.807) is 36.7 Å². The number of carbonyl (C=O) groups excluding carboxylic acids is 1. The first-order chi connectivity index (χ1) is 19.7. The molecule has 0 unspecified atom stereocenters. The van der Waals surface area contributed by atoms with Gasteiger partial charge < -0.3 is 19.7 Å². The average molecular weight is 655 g/mol.